The quantitative estimate of drug-likeness (QED) is 0.667. The normalized spacial score (nSPS) is 11.7. The number of nitrogens with zero attached hydrogens (tertiary/aromatic N) is 1. The van der Waals surface area contributed by atoms with Crippen LogP contribution in [0.4, 0.5) is 11.4 Å². The molecule has 0 aromatic heterocycles. The molecule has 27 heavy (non-hydrogen) atoms. The zero-order valence-electron chi connectivity index (χ0n) is 15.8. The Bertz CT molecular complexity index is 912. The van der Waals surface area contributed by atoms with Crippen molar-refractivity contribution in [1.82, 2.24) is 4.31 Å². The van der Waals surface area contributed by atoms with Gasteiger partial charge in [-0.15, -0.1) is 0 Å². The molecule has 8 heteroatoms. The maximum Gasteiger partial charge on any atom is 0.243 e. The summed E-state index contributed by atoms with van der Waals surface area (Å²) >= 11 is 3.39. The van der Waals surface area contributed by atoms with Crippen molar-refractivity contribution in [3.05, 3.63) is 52.5 Å². The molecule has 0 bridgehead atoms. The summed E-state index contributed by atoms with van der Waals surface area (Å²) in [5.74, 6) is -0.184. The summed E-state index contributed by atoms with van der Waals surface area (Å²) in [5.41, 5.74) is 2.38. The van der Waals surface area contributed by atoms with Crippen molar-refractivity contribution in [2.45, 2.75) is 31.7 Å². The third-order valence-corrected chi connectivity index (χ3v) is 6.72. The predicted molar refractivity (Wildman–Crippen MR) is 113 cm³/mol. The van der Waals surface area contributed by atoms with Gasteiger partial charge in [-0.25, -0.2) is 8.42 Å². The fourth-order valence-corrected chi connectivity index (χ4v) is 4.18. The highest BCUT2D eigenvalue weighted by molar-refractivity contribution is 9.10. The highest BCUT2D eigenvalue weighted by atomic mass is 79.9. The molecule has 0 spiro atoms. The molecule has 0 saturated carbocycles. The van der Waals surface area contributed by atoms with Crippen LogP contribution < -0.4 is 10.6 Å². The van der Waals surface area contributed by atoms with Crippen LogP contribution in [0.5, 0.6) is 0 Å². The van der Waals surface area contributed by atoms with Crippen molar-refractivity contribution in [3.8, 4) is 0 Å². The predicted octanol–water partition coefficient (Wildman–Crippen LogP) is 3.84. The summed E-state index contributed by atoms with van der Waals surface area (Å²) in [7, 11) is -1.96. The summed E-state index contributed by atoms with van der Waals surface area (Å²) in [5, 5.41) is 5.84. The Labute approximate surface area is 169 Å². The van der Waals surface area contributed by atoms with E-state index in [-0.39, 0.29) is 23.4 Å². The van der Waals surface area contributed by atoms with Gasteiger partial charge in [-0.2, -0.15) is 4.31 Å². The second-order valence-corrected chi connectivity index (χ2v) is 9.41. The number of hydrogen-bond acceptors (Lipinski definition) is 4. The lowest BCUT2D eigenvalue weighted by molar-refractivity contribution is -0.114. The van der Waals surface area contributed by atoms with E-state index in [9.17, 15) is 13.2 Å². The lowest BCUT2D eigenvalue weighted by Crippen LogP contribution is -2.33. The molecule has 146 valence electrons. The van der Waals surface area contributed by atoms with Crippen LogP contribution in [0.2, 0.25) is 0 Å². The molecule has 1 amide bonds. The van der Waals surface area contributed by atoms with Gasteiger partial charge in [0.15, 0.2) is 0 Å². The van der Waals surface area contributed by atoms with E-state index >= 15 is 0 Å². The van der Waals surface area contributed by atoms with Crippen LogP contribution in [0.15, 0.2) is 51.8 Å². The number of nitrogens with one attached hydrogen (secondary N) is 2. The number of benzene rings is 2. The molecule has 0 saturated heterocycles. The first-order valence-corrected chi connectivity index (χ1v) is 10.7. The van der Waals surface area contributed by atoms with Gasteiger partial charge in [0.1, 0.15) is 0 Å². The molecule has 0 fully saturated rings. The number of sulfonamides is 1. The smallest absolute Gasteiger partial charge is 0.243 e. The standard InChI is InChI=1S/C19H24BrN3O3S/c1-13(2)23(4)27(25,26)17-8-6-16(7-9-17)21-12-19(24)22-18-10-5-15(20)11-14(18)3/h5-11,13,21H,12H2,1-4H3,(H,22,24). The summed E-state index contributed by atoms with van der Waals surface area (Å²) in [4.78, 5) is 12.3. The number of carbonyl (C=O) groups excluding carboxylic acids is 1. The van der Waals surface area contributed by atoms with Crippen LogP contribution in [0.3, 0.4) is 0 Å². The lowest BCUT2D eigenvalue weighted by atomic mass is 10.2. The molecule has 2 aromatic rings. The fourth-order valence-electron chi connectivity index (χ4n) is 2.33. The summed E-state index contributed by atoms with van der Waals surface area (Å²) in [6.45, 7) is 5.63. The minimum atomic E-state index is -3.51. The highest BCUT2D eigenvalue weighted by Crippen LogP contribution is 2.21. The number of amides is 1. The van der Waals surface area contributed by atoms with Crippen molar-refractivity contribution in [2.24, 2.45) is 0 Å². The zero-order chi connectivity index (χ0) is 20.2. The Balaban J connectivity index is 1.98. The van der Waals surface area contributed by atoms with E-state index < -0.39 is 10.0 Å². The maximum absolute atomic E-state index is 12.4. The van der Waals surface area contributed by atoms with Crippen molar-refractivity contribution in [1.29, 1.82) is 0 Å². The molecule has 2 rings (SSSR count). The van der Waals surface area contributed by atoms with Gasteiger partial charge < -0.3 is 10.6 Å². The molecule has 2 N–H and O–H groups in total. The molecule has 0 aliphatic carbocycles. The molecule has 0 radical (unpaired) electrons. The van der Waals surface area contributed by atoms with Crippen molar-refractivity contribution < 1.29 is 13.2 Å². The lowest BCUT2D eigenvalue weighted by Gasteiger charge is -2.21. The topological polar surface area (TPSA) is 78.5 Å². The average molecular weight is 454 g/mol. The number of hydrogen-bond donors (Lipinski definition) is 2. The summed E-state index contributed by atoms with van der Waals surface area (Å²) in [6, 6.07) is 11.9. The molecule has 6 nitrogen and oxygen atoms in total. The first kappa shape index (κ1) is 21.4. The van der Waals surface area contributed by atoms with Crippen LogP contribution in [0.25, 0.3) is 0 Å². The number of halogens is 1. The second kappa shape index (κ2) is 8.86. The SMILES string of the molecule is Cc1cc(Br)ccc1NC(=O)CNc1ccc(S(=O)(=O)N(C)C(C)C)cc1. The van der Waals surface area contributed by atoms with Crippen LogP contribution in [0, 0.1) is 6.92 Å². The third kappa shape index (κ3) is 5.54. The summed E-state index contributed by atoms with van der Waals surface area (Å²) < 4.78 is 27.2. The summed E-state index contributed by atoms with van der Waals surface area (Å²) in [6.07, 6.45) is 0. The number of rotatable bonds is 7. The molecule has 0 heterocycles. The van der Waals surface area contributed by atoms with E-state index in [1.54, 1.807) is 19.2 Å². The van der Waals surface area contributed by atoms with E-state index in [4.69, 9.17) is 0 Å². The zero-order valence-corrected chi connectivity index (χ0v) is 18.2. The van der Waals surface area contributed by atoms with Crippen LogP contribution in [-0.2, 0) is 14.8 Å². The Morgan fingerprint density at radius 3 is 2.33 bits per heavy atom. The molecular weight excluding hydrogens is 430 g/mol. The van der Waals surface area contributed by atoms with E-state index in [1.807, 2.05) is 39.0 Å². The first-order chi connectivity index (χ1) is 12.6. The highest BCUT2D eigenvalue weighted by Gasteiger charge is 2.22. The van der Waals surface area contributed by atoms with Gasteiger partial charge >= 0.3 is 0 Å². The third-order valence-electron chi connectivity index (χ3n) is 4.17. The molecule has 2 aromatic carbocycles. The van der Waals surface area contributed by atoms with Gasteiger partial charge in [-0.3, -0.25) is 4.79 Å². The molecule has 0 aliphatic heterocycles. The molecular formula is C19H24BrN3O3S. The van der Waals surface area contributed by atoms with E-state index in [0.29, 0.717) is 5.69 Å². The Kier molecular flexibility index (Phi) is 7.02. The van der Waals surface area contributed by atoms with E-state index in [1.165, 1.54) is 16.4 Å². The monoisotopic (exact) mass is 453 g/mol. The van der Waals surface area contributed by atoms with E-state index in [2.05, 4.69) is 26.6 Å². The van der Waals surface area contributed by atoms with Crippen LogP contribution >= 0.6 is 15.9 Å². The Hall–Kier alpha value is -1.90. The maximum atomic E-state index is 12.4. The Morgan fingerprint density at radius 1 is 1.15 bits per heavy atom. The minimum absolute atomic E-state index is 0.0769. The molecule has 0 atom stereocenters. The van der Waals surface area contributed by atoms with Gasteiger partial charge in [0.25, 0.3) is 0 Å². The van der Waals surface area contributed by atoms with Gasteiger partial charge in [0, 0.05) is 28.9 Å². The van der Waals surface area contributed by atoms with Gasteiger partial charge in [-0.05, 0) is 68.8 Å². The van der Waals surface area contributed by atoms with Gasteiger partial charge in [0.2, 0.25) is 15.9 Å². The average Bonchev–Trinajstić information content (AvgIpc) is 2.62. The largest absolute Gasteiger partial charge is 0.376 e. The fraction of sp³-hybridized carbons (Fsp3) is 0.316. The first-order valence-electron chi connectivity index (χ1n) is 8.49. The van der Waals surface area contributed by atoms with Crippen LogP contribution in [0.1, 0.15) is 19.4 Å². The number of aryl methyl sites for hydroxylation is 1. The number of anilines is 2. The Morgan fingerprint density at radius 2 is 1.78 bits per heavy atom. The van der Waals surface area contributed by atoms with Gasteiger partial charge in [0.05, 0.1) is 11.4 Å². The molecule has 0 unspecified atom stereocenters. The van der Waals surface area contributed by atoms with Crippen LogP contribution in [-0.4, -0.2) is 38.3 Å². The van der Waals surface area contributed by atoms with Crippen molar-refractivity contribution in [2.75, 3.05) is 24.2 Å². The van der Waals surface area contributed by atoms with E-state index in [0.717, 1.165) is 15.7 Å². The second-order valence-electron chi connectivity index (χ2n) is 6.50. The molecule has 0 aliphatic rings. The minimum Gasteiger partial charge on any atom is -0.376 e. The van der Waals surface area contributed by atoms with Crippen molar-refractivity contribution in [3.63, 3.8) is 0 Å². The van der Waals surface area contributed by atoms with Gasteiger partial charge in [-0.1, -0.05) is 15.9 Å². The number of carbonyl (C=O) groups is 1. The van der Waals surface area contributed by atoms with Crippen molar-refractivity contribution >= 4 is 43.2 Å².